The Labute approximate surface area is 175 Å². The van der Waals surface area contributed by atoms with Gasteiger partial charge in [0.25, 0.3) is 0 Å². The van der Waals surface area contributed by atoms with Crippen molar-refractivity contribution < 1.29 is 14.1 Å². The van der Waals surface area contributed by atoms with Crippen LogP contribution in [0.4, 0.5) is 0 Å². The normalized spacial score (nSPS) is 16.9. The quantitative estimate of drug-likeness (QED) is 0.643. The third-order valence-corrected chi connectivity index (χ3v) is 5.27. The summed E-state index contributed by atoms with van der Waals surface area (Å²) >= 11 is 0. The lowest BCUT2D eigenvalue weighted by molar-refractivity contribution is -0.127. The topological polar surface area (TPSA) is 93.4 Å². The van der Waals surface area contributed by atoms with Gasteiger partial charge in [-0.3, -0.25) is 14.7 Å². The fourth-order valence-corrected chi connectivity index (χ4v) is 3.62. The summed E-state index contributed by atoms with van der Waals surface area (Å²) in [7, 11) is 1.63. The Balaban J connectivity index is 1.31. The van der Waals surface area contributed by atoms with Crippen molar-refractivity contribution in [2.45, 2.75) is 25.9 Å². The minimum Gasteiger partial charge on any atom is -0.497 e. The third-order valence-electron chi connectivity index (χ3n) is 5.27. The van der Waals surface area contributed by atoms with Gasteiger partial charge in [0.05, 0.1) is 19.6 Å². The molecule has 156 valence electrons. The molecule has 4 rings (SSSR count). The van der Waals surface area contributed by atoms with E-state index in [2.05, 4.69) is 25.3 Å². The van der Waals surface area contributed by atoms with Crippen molar-refractivity contribution in [3.8, 4) is 17.1 Å². The minimum atomic E-state index is -0.0374. The average Bonchev–Trinajstić information content (AvgIpc) is 3.27. The molecular formula is C22H25N5O3. The molecule has 1 atom stereocenters. The second-order valence-corrected chi connectivity index (χ2v) is 7.39. The number of hydrogen-bond acceptors (Lipinski definition) is 7. The highest BCUT2D eigenvalue weighted by atomic mass is 16.5. The van der Waals surface area contributed by atoms with Crippen LogP contribution in [-0.4, -0.2) is 46.1 Å². The van der Waals surface area contributed by atoms with Crippen LogP contribution in [0, 0.1) is 5.92 Å². The molecule has 1 aliphatic heterocycles. The first-order valence-corrected chi connectivity index (χ1v) is 10.1. The molecule has 1 unspecified atom stereocenters. The number of ether oxygens (including phenoxy) is 1. The number of benzene rings is 1. The van der Waals surface area contributed by atoms with Gasteiger partial charge in [-0.2, -0.15) is 4.98 Å². The van der Waals surface area contributed by atoms with Crippen LogP contribution in [0.1, 0.15) is 24.3 Å². The molecule has 0 bridgehead atoms. The van der Waals surface area contributed by atoms with Gasteiger partial charge in [-0.05, 0) is 61.3 Å². The first-order valence-electron chi connectivity index (χ1n) is 10.1. The second kappa shape index (κ2) is 9.49. The number of nitrogens with one attached hydrogen (secondary N) is 1. The van der Waals surface area contributed by atoms with E-state index in [1.165, 1.54) is 0 Å². The first kappa shape index (κ1) is 20.0. The smallest absolute Gasteiger partial charge is 0.241 e. The standard InChI is InChI=1S/C22H25N5O3/c1-29-19-6-4-17(5-7-19)21-25-20(30-26-21)15-27-12-2-3-18(14-27)22(28)24-13-16-8-10-23-11-9-16/h4-11,18H,2-3,12-15H2,1H3,(H,24,28). The molecule has 1 fully saturated rings. The Morgan fingerprint density at radius 2 is 2.03 bits per heavy atom. The number of nitrogens with zero attached hydrogens (tertiary/aromatic N) is 4. The fraction of sp³-hybridized carbons (Fsp3) is 0.364. The van der Waals surface area contributed by atoms with Gasteiger partial charge >= 0.3 is 0 Å². The van der Waals surface area contributed by atoms with Crippen molar-refractivity contribution in [1.82, 2.24) is 25.3 Å². The van der Waals surface area contributed by atoms with Crippen LogP contribution < -0.4 is 10.1 Å². The predicted molar refractivity (Wildman–Crippen MR) is 110 cm³/mol. The van der Waals surface area contributed by atoms with Gasteiger partial charge in [-0.1, -0.05) is 5.16 Å². The molecule has 1 aliphatic rings. The highest BCUT2D eigenvalue weighted by Gasteiger charge is 2.26. The summed E-state index contributed by atoms with van der Waals surface area (Å²) in [6.45, 7) is 2.65. The number of pyridine rings is 1. The van der Waals surface area contributed by atoms with E-state index in [1.807, 2.05) is 36.4 Å². The predicted octanol–water partition coefficient (Wildman–Crippen LogP) is 2.67. The lowest BCUT2D eigenvalue weighted by Gasteiger charge is -2.30. The molecule has 3 heterocycles. The molecule has 1 amide bonds. The number of hydrogen-bond donors (Lipinski definition) is 1. The number of piperidine rings is 1. The maximum absolute atomic E-state index is 12.6. The number of aromatic nitrogens is 3. The van der Waals surface area contributed by atoms with E-state index >= 15 is 0 Å². The van der Waals surface area contributed by atoms with Crippen LogP contribution in [0.25, 0.3) is 11.4 Å². The van der Waals surface area contributed by atoms with Gasteiger partial charge in [0.1, 0.15) is 5.75 Å². The van der Waals surface area contributed by atoms with Gasteiger partial charge in [0.15, 0.2) is 0 Å². The van der Waals surface area contributed by atoms with Crippen LogP contribution in [0.3, 0.4) is 0 Å². The Morgan fingerprint density at radius 3 is 2.80 bits per heavy atom. The van der Waals surface area contributed by atoms with Gasteiger partial charge in [-0.15, -0.1) is 0 Å². The maximum atomic E-state index is 12.6. The zero-order valence-corrected chi connectivity index (χ0v) is 17.0. The van der Waals surface area contributed by atoms with Gasteiger partial charge in [0, 0.05) is 31.0 Å². The minimum absolute atomic E-state index is 0.0374. The number of likely N-dealkylation sites (tertiary alicyclic amines) is 1. The molecule has 30 heavy (non-hydrogen) atoms. The van der Waals surface area contributed by atoms with Crippen molar-refractivity contribution in [3.05, 3.63) is 60.2 Å². The molecule has 0 aliphatic carbocycles. The number of rotatable bonds is 7. The van der Waals surface area contributed by atoms with E-state index in [9.17, 15) is 4.79 Å². The van der Waals surface area contributed by atoms with Crippen molar-refractivity contribution in [2.24, 2.45) is 5.92 Å². The Bertz CT molecular complexity index is 958. The number of carbonyl (C=O) groups excluding carboxylic acids is 1. The summed E-state index contributed by atoms with van der Waals surface area (Å²) < 4.78 is 10.6. The van der Waals surface area contributed by atoms with Crippen LogP contribution >= 0.6 is 0 Å². The molecular weight excluding hydrogens is 382 g/mol. The number of methoxy groups -OCH3 is 1. The van der Waals surface area contributed by atoms with E-state index in [-0.39, 0.29) is 11.8 Å². The average molecular weight is 407 g/mol. The summed E-state index contributed by atoms with van der Waals surface area (Å²) in [5.74, 6) is 1.93. The Morgan fingerprint density at radius 1 is 1.23 bits per heavy atom. The Hall–Kier alpha value is -3.26. The molecule has 0 radical (unpaired) electrons. The van der Waals surface area contributed by atoms with Crippen LogP contribution in [0.5, 0.6) is 5.75 Å². The monoisotopic (exact) mass is 407 g/mol. The van der Waals surface area contributed by atoms with E-state index in [1.54, 1.807) is 19.5 Å². The molecule has 8 heteroatoms. The molecule has 0 spiro atoms. The lowest BCUT2D eigenvalue weighted by atomic mass is 9.97. The van der Waals surface area contributed by atoms with Crippen molar-refractivity contribution in [3.63, 3.8) is 0 Å². The van der Waals surface area contributed by atoms with E-state index in [0.717, 1.165) is 36.3 Å². The Kier molecular flexibility index (Phi) is 6.34. The summed E-state index contributed by atoms with van der Waals surface area (Å²) in [6.07, 6.45) is 5.31. The maximum Gasteiger partial charge on any atom is 0.241 e. The molecule has 1 saturated heterocycles. The zero-order valence-electron chi connectivity index (χ0n) is 17.0. The van der Waals surface area contributed by atoms with Gasteiger partial charge in [0.2, 0.25) is 17.6 Å². The lowest BCUT2D eigenvalue weighted by Crippen LogP contribution is -2.42. The van der Waals surface area contributed by atoms with Crippen LogP contribution in [-0.2, 0) is 17.9 Å². The molecule has 1 aromatic carbocycles. The number of amides is 1. The fourth-order valence-electron chi connectivity index (χ4n) is 3.62. The van der Waals surface area contributed by atoms with Crippen LogP contribution in [0.2, 0.25) is 0 Å². The van der Waals surface area contributed by atoms with E-state index in [4.69, 9.17) is 9.26 Å². The highest BCUT2D eigenvalue weighted by Crippen LogP contribution is 2.22. The molecule has 3 aromatic rings. The summed E-state index contributed by atoms with van der Waals surface area (Å²) in [4.78, 5) is 23.3. The van der Waals surface area contributed by atoms with Crippen molar-refractivity contribution in [1.29, 1.82) is 0 Å². The third kappa shape index (κ3) is 5.01. The summed E-state index contributed by atoms with van der Waals surface area (Å²) in [6, 6.07) is 11.3. The largest absolute Gasteiger partial charge is 0.497 e. The van der Waals surface area contributed by atoms with E-state index in [0.29, 0.717) is 31.3 Å². The first-order chi connectivity index (χ1) is 14.7. The van der Waals surface area contributed by atoms with Gasteiger partial charge in [-0.25, -0.2) is 0 Å². The number of carbonyl (C=O) groups is 1. The second-order valence-electron chi connectivity index (χ2n) is 7.39. The zero-order chi connectivity index (χ0) is 20.8. The van der Waals surface area contributed by atoms with E-state index < -0.39 is 0 Å². The van der Waals surface area contributed by atoms with Crippen molar-refractivity contribution >= 4 is 5.91 Å². The molecule has 8 nitrogen and oxygen atoms in total. The molecule has 2 aromatic heterocycles. The SMILES string of the molecule is COc1ccc(-c2noc(CN3CCCC(C(=O)NCc4ccncc4)C3)n2)cc1. The summed E-state index contributed by atoms with van der Waals surface area (Å²) in [5, 5.41) is 7.12. The summed E-state index contributed by atoms with van der Waals surface area (Å²) in [5.41, 5.74) is 1.92. The van der Waals surface area contributed by atoms with Crippen LogP contribution in [0.15, 0.2) is 53.3 Å². The van der Waals surface area contributed by atoms with Crippen molar-refractivity contribution in [2.75, 3.05) is 20.2 Å². The van der Waals surface area contributed by atoms with Gasteiger partial charge < -0.3 is 14.6 Å². The molecule has 0 saturated carbocycles. The molecule has 1 N–H and O–H groups in total. The highest BCUT2D eigenvalue weighted by molar-refractivity contribution is 5.78.